The highest BCUT2D eigenvalue weighted by molar-refractivity contribution is 6.24. The minimum atomic E-state index is 0.338. The first-order chi connectivity index (χ1) is 40.7. The maximum Gasteiger partial charge on any atom is 0.241 e. The fraction of sp³-hybridized carbons (Fsp3) is 0. The molecule has 0 aliphatic rings. The van der Waals surface area contributed by atoms with Gasteiger partial charge in [0, 0.05) is 72.2 Å². The van der Waals surface area contributed by atoms with E-state index in [1.165, 1.54) is 0 Å². The van der Waals surface area contributed by atoms with Crippen molar-refractivity contribution in [2.75, 3.05) is 9.80 Å². The molecule has 11 aromatic carbocycles. The molecule has 10 nitrogen and oxygen atoms in total. The van der Waals surface area contributed by atoms with Crippen LogP contribution in [0.25, 0.3) is 101 Å². The molecule has 0 atom stereocenters. The van der Waals surface area contributed by atoms with Gasteiger partial charge in [-0.05, 0) is 84.9 Å². The van der Waals surface area contributed by atoms with Gasteiger partial charge >= 0.3 is 0 Å². The lowest BCUT2D eigenvalue weighted by atomic mass is 10.1. The molecule has 0 spiro atoms. The van der Waals surface area contributed by atoms with Crippen LogP contribution in [-0.2, 0) is 0 Å². The molecule has 0 amide bonds. The maximum absolute atomic E-state index is 5.34. The van der Waals surface area contributed by atoms with Gasteiger partial charge in [-0.25, -0.2) is 14.9 Å². The smallest absolute Gasteiger partial charge is 0.241 e. The lowest BCUT2D eigenvalue weighted by Gasteiger charge is -2.25. The van der Waals surface area contributed by atoms with E-state index in [-0.39, 0.29) is 0 Å². The van der Waals surface area contributed by atoms with Crippen LogP contribution in [0.1, 0.15) is 0 Å². The SMILES string of the molecule is c1ccc(-c2nc(-c3ccccc3)nc(N(c3ccc4c(c3)c3ccc5c6cc(N(c7ccccc7)c7ccccc7)ccc6n(-c6ccccc6)c5c3n4-c3ccccc3)c3nc(-c4ccccc4)nc(-c4ccccc4)n3)n2)cc1. The predicted octanol–water partition coefficient (Wildman–Crippen LogP) is 17.9. The molecule has 0 unspecified atom stereocenters. The summed E-state index contributed by atoms with van der Waals surface area (Å²) in [7, 11) is 0. The lowest BCUT2D eigenvalue weighted by molar-refractivity contribution is 0.964. The van der Waals surface area contributed by atoms with Crippen LogP contribution >= 0.6 is 0 Å². The highest BCUT2D eigenvalue weighted by Gasteiger charge is 2.28. The number of hydrogen-bond donors (Lipinski definition) is 0. The molecule has 0 aliphatic carbocycles. The molecule has 0 aliphatic heterocycles. The zero-order valence-electron chi connectivity index (χ0n) is 44.2. The molecule has 0 saturated heterocycles. The van der Waals surface area contributed by atoms with Gasteiger partial charge in [-0.1, -0.05) is 206 Å². The Morgan fingerprint density at radius 1 is 0.232 bits per heavy atom. The average Bonchev–Trinajstić information content (AvgIpc) is 2.50. The Morgan fingerprint density at radius 2 is 0.524 bits per heavy atom. The summed E-state index contributed by atoms with van der Waals surface area (Å²) >= 11 is 0. The predicted molar refractivity (Wildman–Crippen MR) is 333 cm³/mol. The molecule has 0 fully saturated rings. The van der Waals surface area contributed by atoms with E-state index >= 15 is 0 Å². The summed E-state index contributed by atoms with van der Waals surface area (Å²) in [6.45, 7) is 0. The summed E-state index contributed by atoms with van der Waals surface area (Å²) in [4.78, 5) is 35.9. The topological polar surface area (TPSA) is 93.7 Å². The Hall–Kier alpha value is -11.4. The number of fused-ring (bicyclic) bond motifs is 7. The van der Waals surface area contributed by atoms with E-state index in [1.807, 2.05) is 126 Å². The largest absolute Gasteiger partial charge is 0.310 e. The third-order valence-electron chi connectivity index (χ3n) is 15.0. The van der Waals surface area contributed by atoms with Crippen LogP contribution in [0, 0.1) is 0 Å². The van der Waals surface area contributed by atoms with Crippen LogP contribution in [0.4, 0.5) is 34.6 Å². The first-order valence-electron chi connectivity index (χ1n) is 27.3. The van der Waals surface area contributed by atoms with E-state index in [2.05, 4.69) is 184 Å². The Labute approximate surface area is 472 Å². The fourth-order valence-electron chi connectivity index (χ4n) is 11.3. The van der Waals surface area contributed by atoms with Gasteiger partial charge in [0.1, 0.15) is 0 Å². The number of nitrogens with zero attached hydrogens (tertiary/aromatic N) is 10. The van der Waals surface area contributed by atoms with E-state index < -0.39 is 0 Å². The molecule has 0 bridgehead atoms. The molecular weight excluding hydrogens is 1000 g/mol. The molecule has 0 radical (unpaired) electrons. The minimum Gasteiger partial charge on any atom is -0.310 e. The molecule has 82 heavy (non-hydrogen) atoms. The van der Waals surface area contributed by atoms with Crippen molar-refractivity contribution in [3.05, 3.63) is 291 Å². The Morgan fingerprint density at radius 3 is 0.854 bits per heavy atom. The highest BCUT2D eigenvalue weighted by atomic mass is 15.4. The zero-order chi connectivity index (χ0) is 54.3. The Bertz CT molecular complexity index is 4490. The highest BCUT2D eigenvalue weighted by Crippen LogP contribution is 2.46. The summed E-state index contributed by atoms with van der Waals surface area (Å²) in [5.74, 6) is 2.70. The second kappa shape index (κ2) is 20.5. The number of aromatic nitrogens is 8. The van der Waals surface area contributed by atoms with E-state index in [9.17, 15) is 0 Å². The van der Waals surface area contributed by atoms with Crippen molar-refractivity contribution < 1.29 is 0 Å². The summed E-state index contributed by atoms with van der Waals surface area (Å²) < 4.78 is 4.84. The van der Waals surface area contributed by atoms with E-state index in [0.29, 0.717) is 35.2 Å². The van der Waals surface area contributed by atoms with Crippen LogP contribution in [0.3, 0.4) is 0 Å². The standard InChI is InChI=1S/C72H48N10/c1-9-25-49(26-10-1)67-73-68(50-27-11-2-12-28-50)76-71(75-67)82(72-77-69(51-29-13-3-14-30-51)74-70(78-72)52-31-15-4-16-32-52)58-42-46-64-62(48-58)60-44-43-59-61-47-57(79(53-33-17-5-18-34-53)54-35-19-6-20-36-54)41-45-63(61)80(55-37-21-7-22-38-55)65(59)66(60)81(64)56-39-23-8-24-40-56/h1-48H. The normalized spacial score (nSPS) is 11.4. The zero-order valence-corrected chi connectivity index (χ0v) is 44.2. The Kier molecular flexibility index (Phi) is 11.9. The third kappa shape index (κ3) is 8.55. The Balaban J connectivity index is 1.03. The lowest BCUT2D eigenvalue weighted by Crippen LogP contribution is -2.19. The molecule has 0 N–H and O–H groups in total. The van der Waals surface area contributed by atoms with Crippen molar-refractivity contribution in [2.24, 2.45) is 0 Å². The first kappa shape index (κ1) is 47.8. The number of hydrogen-bond acceptors (Lipinski definition) is 8. The van der Waals surface area contributed by atoms with E-state index in [1.54, 1.807) is 0 Å². The summed E-state index contributed by atoms with van der Waals surface area (Å²) in [5, 5.41) is 4.31. The van der Waals surface area contributed by atoms with Crippen molar-refractivity contribution in [3.8, 4) is 56.9 Å². The maximum atomic E-state index is 5.34. The molecule has 15 aromatic rings. The summed E-state index contributed by atoms with van der Waals surface area (Å²) in [5.41, 5.74) is 13.6. The fourth-order valence-corrected chi connectivity index (χ4v) is 11.3. The monoisotopic (exact) mass is 1050 g/mol. The van der Waals surface area contributed by atoms with Crippen molar-refractivity contribution in [3.63, 3.8) is 0 Å². The van der Waals surface area contributed by atoms with Gasteiger partial charge in [-0.2, -0.15) is 19.9 Å². The van der Waals surface area contributed by atoms with Gasteiger partial charge < -0.3 is 14.0 Å². The van der Waals surface area contributed by atoms with Crippen molar-refractivity contribution in [1.29, 1.82) is 0 Å². The van der Waals surface area contributed by atoms with Crippen molar-refractivity contribution in [1.82, 2.24) is 39.0 Å². The van der Waals surface area contributed by atoms with Crippen molar-refractivity contribution >= 4 is 78.3 Å². The van der Waals surface area contributed by atoms with Crippen LogP contribution in [-0.4, -0.2) is 39.0 Å². The van der Waals surface area contributed by atoms with Gasteiger partial charge in [0.25, 0.3) is 0 Å². The van der Waals surface area contributed by atoms with Gasteiger partial charge in [-0.15, -0.1) is 0 Å². The van der Waals surface area contributed by atoms with E-state index in [4.69, 9.17) is 29.9 Å². The molecule has 0 saturated carbocycles. The molecule has 15 rings (SSSR count). The number of para-hydroxylation sites is 4. The first-order valence-corrected chi connectivity index (χ1v) is 27.3. The van der Waals surface area contributed by atoms with Gasteiger partial charge in [0.15, 0.2) is 23.3 Å². The van der Waals surface area contributed by atoms with Crippen LogP contribution in [0.2, 0.25) is 0 Å². The van der Waals surface area contributed by atoms with Crippen LogP contribution < -0.4 is 9.80 Å². The second-order valence-corrected chi connectivity index (χ2v) is 20.0. The molecule has 4 aromatic heterocycles. The summed E-state index contributed by atoms with van der Waals surface area (Å²) in [6.07, 6.45) is 0. The quantitative estimate of drug-likeness (QED) is 0.119. The average molecular weight is 1050 g/mol. The van der Waals surface area contributed by atoms with Crippen molar-refractivity contribution in [2.45, 2.75) is 0 Å². The van der Waals surface area contributed by atoms with Gasteiger partial charge in [0.2, 0.25) is 11.9 Å². The van der Waals surface area contributed by atoms with E-state index in [0.717, 1.165) is 100.0 Å². The number of rotatable bonds is 12. The molecular formula is C72H48N10. The minimum absolute atomic E-state index is 0.338. The number of benzene rings is 11. The van der Waals surface area contributed by atoms with Crippen LogP contribution in [0.15, 0.2) is 291 Å². The third-order valence-corrected chi connectivity index (χ3v) is 15.0. The molecule has 10 heteroatoms. The van der Waals surface area contributed by atoms with Gasteiger partial charge in [-0.3, -0.25) is 0 Å². The molecule has 4 heterocycles. The number of anilines is 6. The summed E-state index contributed by atoms with van der Waals surface area (Å²) in [6, 6.07) is 101. The van der Waals surface area contributed by atoms with Crippen LogP contribution in [0.5, 0.6) is 0 Å². The second-order valence-electron chi connectivity index (χ2n) is 20.0. The molecule has 386 valence electrons. The van der Waals surface area contributed by atoms with Gasteiger partial charge in [0.05, 0.1) is 27.8 Å².